The number of hydrogen-bond donors (Lipinski definition) is 1. The van der Waals surface area contributed by atoms with E-state index in [0.717, 1.165) is 5.56 Å². The van der Waals surface area contributed by atoms with E-state index < -0.39 is 0 Å². The van der Waals surface area contributed by atoms with Crippen LogP contribution in [0.3, 0.4) is 0 Å². The van der Waals surface area contributed by atoms with Gasteiger partial charge in [-0.3, -0.25) is 4.79 Å². The lowest BCUT2D eigenvalue weighted by atomic mass is 9.89. The Morgan fingerprint density at radius 1 is 1.12 bits per heavy atom. The van der Waals surface area contributed by atoms with Crippen LogP contribution in [-0.4, -0.2) is 44.7 Å². The van der Waals surface area contributed by atoms with E-state index in [-0.39, 0.29) is 17.7 Å². The second kappa shape index (κ2) is 7.79. The van der Waals surface area contributed by atoms with Gasteiger partial charge in [0, 0.05) is 24.6 Å². The van der Waals surface area contributed by atoms with E-state index in [0.29, 0.717) is 36.7 Å². The van der Waals surface area contributed by atoms with Gasteiger partial charge in [-0.05, 0) is 42.6 Å². The Kier molecular flexibility index (Phi) is 5.47. The Bertz CT molecular complexity index is 776. The number of nitrogens with zero attached hydrogens (tertiary/aromatic N) is 1. The van der Waals surface area contributed by atoms with Crippen molar-refractivity contribution < 1.29 is 14.3 Å². The molecule has 1 aliphatic rings. The topological polar surface area (TPSA) is 64.8 Å². The van der Waals surface area contributed by atoms with Crippen LogP contribution in [0.2, 0.25) is 0 Å². The number of hydrogen-bond acceptors (Lipinski definition) is 4. The van der Waals surface area contributed by atoms with Gasteiger partial charge in [0.1, 0.15) is 0 Å². The maximum Gasteiger partial charge on any atom is 0.254 e. The smallest absolute Gasteiger partial charge is 0.254 e. The lowest BCUT2D eigenvalue weighted by molar-refractivity contribution is 0.0785. The quantitative estimate of drug-likeness (QED) is 0.897. The fraction of sp³-hybridized carbons (Fsp3) is 0.381. The van der Waals surface area contributed by atoms with Gasteiger partial charge in [0.25, 0.3) is 5.91 Å². The predicted octanol–water partition coefficient (Wildman–Crippen LogP) is 2.83. The number of carbonyl (C=O) groups is 1. The van der Waals surface area contributed by atoms with Crippen molar-refractivity contribution in [3.8, 4) is 11.5 Å². The van der Waals surface area contributed by atoms with Crippen molar-refractivity contribution in [1.29, 1.82) is 0 Å². The van der Waals surface area contributed by atoms with Gasteiger partial charge in [-0.2, -0.15) is 0 Å². The van der Waals surface area contributed by atoms with Gasteiger partial charge in [0.15, 0.2) is 11.5 Å². The minimum Gasteiger partial charge on any atom is -0.493 e. The van der Waals surface area contributed by atoms with Gasteiger partial charge >= 0.3 is 0 Å². The molecule has 0 unspecified atom stereocenters. The van der Waals surface area contributed by atoms with Gasteiger partial charge in [-0.1, -0.05) is 30.3 Å². The van der Waals surface area contributed by atoms with E-state index in [2.05, 4.69) is 12.1 Å². The fourth-order valence-electron chi connectivity index (χ4n) is 3.74. The predicted molar refractivity (Wildman–Crippen MR) is 102 cm³/mol. The highest BCUT2D eigenvalue weighted by molar-refractivity contribution is 5.96. The number of benzene rings is 2. The first-order chi connectivity index (χ1) is 12.6. The number of aryl methyl sites for hydroxylation is 1. The van der Waals surface area contributed by atoms with Crippen LogP contribution >= 0.6 is 0 Å². The summed E-state index contributed by atoms with van der Waals surface area (Å²) in [7, 11) is 3.17. The van der Waals surface area contributed by atoms with E-state index in [9.17, 15) is 4.79 Å². The van der Waals surface area contributed by atoms with Gasteiger partial charge in [0.2, 0.25) is 0 Å². The lowest BCUT2D eigenvalue weighted by Gasteiger charge is -2.19. The number of rotatable bonds is 5. The molecule has 0 spiro atoms. The monoisotopic (exact) mass is 354 g/mol. The summed E-state index contributed by atoms with van der Waals surface area (Å²) in [5.41, 5.74) is 8.76. The zero-order chi connectivity index (χ0) is 18.7. The molecule has 5 nitrogen and oxygen atoms in total. The standard InChI is InChI=1S/C21H26N2O3/c1-14-9-19(25-2)20(26-3)10-17(14)21(24)23-12-16(11-22)18(13-23)15-7-5-4-6-8-15/h4-10,16,18H,11-13,22H2,1-3H3/t16-,18+/m1/s1. The molecule has 2 aromatic rings. The van der Waals surface area contributed by atoms with E-state index in [1.54, 1.807) is 20.3 Å². The second-order valence-electron chi connectivity index (χ2n) is 6.75. The first kappa shape index (κ1) is 18.3. The summed E-state index contributed by atoms with van der Waals surface area (Å²) in [6, 6.07) is 13.9. The second-order valence-corrected chi connectivity index (χ2v) is 6.75. The average Bonchev–Trinajstić information content (AvgIpc) is 3.12. The van der Waals surface area contributed by atoms with Crippen molar-refractivity contribution in [1.82, 2.24) is 4.90 Å². The number of ether oxygens (including phenoxy) is 2. The molecule has 5 heteroatoms. The van der Waals surface area contributed by atoms with Crippen molar-refractivity contribution in [2.45, 2.75) is 12.8 Å². The SMILES string of the molecule is COc1cc(C)c(C(=O)N2C[C@@H](CN)[C@H](c3ccccc3)C2)cc1OC. The molecule has 0 radical (unpaired) electrons. The zero-order valence-electron chi connectivity index (χ0n) is 15.6. The van der Waals surface area contributed by atoms with Crippen LogP contribution in [0.15, 0.2) is 42.5 Å². The number of nitrogens with two attached hydrogens (primary N) is 1. The molecule has 1 aliphatic heterocycles. The summed E-state index contributed by atoms with van der Waals surface area (Å²) in [4.78, 5) is 15.1. The van der Waals surface area contributed by atoms with E-state index >= 15 is 0 Å². The van der Waals surface area contributed by atoms with E-state index in [4.69, 9.17) is 15.2 Å². The number of amides is 1. The summed E-state index contributed by atoms with van der Waals surface area (Å²) < 4.78 is 10.7. The molecule has 0 bridgehead atoms. The molecule has 2 atom stereocenters. The van der Waals surface area contributed by atoms with Gasteiger partial charge in [-0.15, -0.1) is 0 Å². The van der Waals surface area contributed by atoms with Crippen LogP contribution in [0.4, 0.5) is 0 Å². The third kappa shape index (κ3) is 3.40. The molecule has 26 heavy (non-hydrogen) atoms. The molecular weight excluding hydrogens is 328 g/mol. The molecule has 2 aromatic carbocycles. The van der Waals surface area contributed by atoms with Crippen molar-refractivity contribution in [3.63, 3.8) is 0 Å². The highest BCUT2D eigenvalue weighted by Crippen LogP contribution is 2.35. The zero-order valence-corrected chi connectivity index (χ0v) is 15.6. The van der Waals surface area contributed by atoms with E-state index in [1.165, 1.54) is 5.56 Å². The Hall–Kier alpha value is -2.53. The van der Waals surface area contributed by atoms with Gasteiger partial charge in [-0.25, -0.2) is 0 Å². The maximum atomic E-state index is 13.2. The summed E-state index contributed by atoms with van der Waals surface area (Å²) in [5.74, 6) is 1.74. The summed E-state index contributed by atoms with van der Waals surface area (Å²) in [6.07, 6.45) is 0. The molecular formula is C21H26N2O3. The van der Waals surface area contributed by atoms with Crippen molar-refractivity contribution in [2.24, 2.45) is 11.7 Å². The Labute approximate surface area is 154 Å². The Balaban J connectivity index is 1.87. The summed E-state index contributed by atoms with van der Waals surface area (Å²) in [5, 5.41) is 0. The van der Waals surface area contributed by atoms with Crippen molar-refractivity contribution in [3.05, 3.63) is 59.2 Å². The average molecular weight is 354 g/mol. The number of carbonyl (C=O) groups excluding carboxylic acids is 1. The fourth-order valence-corrected chi connectivity index (χ4v) is 3.74. The lowest BCUT2D eigenvalue weighted by Crippen LogP contribution is -2.30. The van der Waals surface area contributed by atoms with Gasteiger partial charge < -0.3 is 20.1 Å². The van der Waals surface area contributed by atoms with Crippen LogP contribution in [0.25, 0.3) is 0 Å². The highest BCUT2D eigenvalue weighted by Gasteiger charge is 2.36. The summed E-state index contributed by atoms with van der Waals surface area (Å²) in [6.45, 7) is 3.83. The van der Waals surface area contributed by atoms with Crippen molar-refractivity contribution >= 4 is 5.91 Å². The number of likely N-dealkylation sites (tertiary alicyclic amines) is 1. The Morgan fingerprint density at radius 3 is 2.38 bits per heavy atom. The largest absolute Gasteiger partial charge is 0.493 e. The highest BCUT2D eigenvalue weighted by atomic mass is 16.5. The van der Waals surface area contributed by atoms with Crippen LogP contribution in [-0.2, 0) is 0 Å². The van der Waals surface area contributed by atoms with Crippen LogP contribution < -0.4 is 15.2 Å². The molecule has 0 aliphatic carbocycles. The van der Waals surface area contributed by atoms with Crippen LogP contribution in [0.5, 0.6) is 11.5 Å². The van der Waals surface area contributed by atoms with Crippen LogP contribution in [0.1, 0.15) is 27.4 Å². The molecule has 1 heterocycles. The maximum absolute atomic E-state index is 13.2. The molecule has 0 aromatic heterocycles. The Morgan fingerprint density at radius 2 is 1.77 bits per heavy atom. The third-order valence-electron chi connectivity index (χ3n) is 5.22. The van der Waals surface area contributed by atoms with Gasteiger partial charge in [0.05, 0.1) is 14.2 Å². The summed E-state index contributed by atoms with van der Waals surface area (Å²) >= 11 is 0. The number of methoxy groups -OCH3 is 2. The molecule has 2 N–H and O–H groups in total. The molecule has 138 valence electrons. The normalized spacial score (nSPS) is 19.5. The van der Waals surface area contributed by atoms with E-state index in [1.807, 2.05) is 36.1 Å². The molecule has 0 saturated carbocycles. The van der Waals surface area contributed by atoms with Crippen molar-refractivity contribution in [2.75, 3.05) is 33.9 Å². The molecule has 1 saturated heterocycles. The first-order valence-corrected chi connectivity index (χ1v) is 8.86. The molecule has 1 fully saturated rings. The third-order valence-corrected chi connectivity index (χ3v) is 5.22. The minimum absolute atomic E-state index is 0.0142. The minimum atomic E-state index is 0.0142. The molecule has 3 rings (SSSR count). The van der Waals surface area contributed by atoms with Crippen LogP contribution in [0, 0.1) is 12.8 Å². The molecule has 1 amide bonds. The first-order valence-electron chi connectivity index (χ1n) is 8.86.